The molecule has 0 amide bonds. The second-order valence-electron chi connectivity index (χ2n) is 14.2. The number of nitro benzene ring substituents is 2. The van der Waals surface area contributed by atoms with Gasteiger partial charge in [0.2, 0.25) is 0 Å². The van der Waals surface area contributed by atoms with Crippen LogP contribution in [0.3, 0.4) is 0 Å². The molecule has 2 bridgehead atoms. The van der Waals surface area contributed by atoms with Gasteiger partial charge in [-0.05, 0) is 104 Å². The molecule has 3 aromatic heterocycles. The van der Waals surface area contributed by atoms with E-state index >= 15 is 0 Å². The third kappa shape index (κ3) is 7.93. The molecule has 0 saturated heterocycles. The zero-order chi connectivity index (χ0) is 37.7. The highest BCUT2D eigenvalue weighted by Crippen LogP contribution is 2.45. The standard InChI is InChI=1S/C23H30N2O.2C9H6N2O3.Al/c26-22-11-10-20(21-7-5-13-25-23(21)22)16-24-12-4-2-1-3-6-18-14-17-8-9-19(18)15-17;2*12-8-4-3-7(11(13)14)6-2-1-5-10-9(6)8;/h5,7-11,13,17-19,24,26H,1-4,6,12,14-16H2;2*1-5,12H;/q;;;+3/p-3. The maximum Gasteiger partial charge on any atom is 1.20 e. The summed E-state index contributed by atoms with van der Waals surface area (Å²) in [6.45, 7) is 1.58. The number of non-ortho nitro benzene ring substituents is 2. The molecule has 2 aliphatic carbocycles. The van der Waals surface area contributed by atoms with E-state index < -0.39 is 25.0 Å². The molecule has 1 N–H and O–H groups in total. The molecular formula is C41H39AlN6O7. The number of allylic oxidation sites excluding steroid dienone is 2. The number of hydrogen-bond donors (Lipinski definition) is 1. The second kappa shape index (κ2) is 16.4. The van der Waals surface area contributed by atoms with E-state index in [0.29, 0.717) is 17.8 Å². The predicted octanol–water partition coefficient (Wildman–Crippen LogP) is 8.92. The van der Waals surface area contributed by atoms with Crippen molar-refractivity contribution in [1.29, 1.82) is 0 Å². The topological polar surface area (TPSA) is 165 Å². The molecule has 1 saturated carbocycles. The minimum atomic E-state index is -3.36. The van der Waals surface area contributed by atoms with E-state index in [1.54, 1.807) is 30.5 Å². The van der Waals surface area contributed by atoms with Gasteiger partial charge in [0.1, 0.15) is 33.8 Å². The lowest BCUT2D eigenvalue weighted by molar-refractivity contribution is -0.383. The van der Waals surface area contributed by atoms with Crippen LogP contribution in [0.15, 0.2) is 104 Å². The minimum absolute atomic E-state index is 0.121. The highest BCUT2D eigenvalue weighted by atomic mass is 27.3. The molecular weight excluding hydrogens is 715 g/mol. The summed E-state index contributed by atoms with van der Waals surface area (Å²) in [6.07, 6.45) is 18.6. The number of aromatic nitrogens is 3. The third-order valence-corrected chi connectivity index (χ3v) is 12.1. The minimum Gasteiger partial charge on any atom is -0.576 e. The molecule has 3 aromatic carbocycles. The van der Waals surface area contributed by atoms with Crippen LogP contribution in [-0.4, -0.2) is 46.5 Å². The summed E-state index contributed by atoms with van der Waals surface area (Å²) < 4.78 is 19.4. The van der Waals surface area contributed by atoms with Crippen LogP contribution in [0.5, 0.6) is 17.2 Å². The molecule has 14 heteroatoms. The van der Waals surface area contributed by atoms with Gasteiger partial charge >= 0.3 is 15.1 Å². The van der Waals surface area contributed by atoms with Crippen molar-refractivity contribution < 1.29 is 21.2 Å². The third-order valence-electron chi connectivity index (χ3n) is 10.7. The normalized spacial score (nSPS) is 17.2. The summed E-state index contributed by atoms with van der Waals surface area (Å²) in [4.78, 5) is 36.1. The Kier molecular flexibility index (Phi) is 10.8. The smallest absolute Gasteiger partial charge is 0.576 e. The lowest BCUT2D eigenvalue weighted by Gasteiger charge is -2.19. The molecule has 278 valence electrons. The molecule has 13 nitrogen and oxygen atoms in total. The summed E-state index contributed by atoms with van der Waals surface area (Å²) in [7, 11) is 0. The molecule has 2 aliphatic rings. The number of hydrogen-bond acceptors (Lipinski definition) is 11. The summed E-state index contributed by atoms with van der Waals surface area (Å²) >= 11 is -3.36. The van der Waals surface area contributed by atoms with Crippen molar-refractivity contribution in [3.8, 4) is 17.2 Å². The number of unbranched alkanes of at least 4 members (excludes halogenated alkanes) is 3. The van der Waals surface area contributed by atoms with Crippen molar-refractivity contribution in [2.45, 2.75) is 51.5 Å². The molecule has 8 rings (SSSR count). The van der Waals surface area contributed by atoms with E-state index in [9.17, 15) is 20.2 Å². The van der Waals surface area contributed by atoms with E-state index in [-0.39, 0.29) is 44.7 Å². The molecule has 3 heterocycles. The molecule has 0 radical (unpaired) electrons. The van der Waals surface area contributed by atoms with E-state index in [4.69, 9.17) is 11.4 Å². The Morgan fingerprint density at radius 2 is 1.20 bits per heavy atom. The summed E-state index contributed by atoms with van der Waals surface area (Å²) in [5.41, 5.74) is 1.95. The van der Waals surface area contributed by atoms with E-state index in [0.717, 1.165) is 41.7 Å². The fourth-order valence-corrected chi connectivity index (χ4v) is 9.41. The molecule has 1 fully saturated rings. The highest BCUT2D eigenvalue weighted by molar-refractivity contribution is 6.40. The first kappa shape index (κ1) is 36.3. The van der Waals surface area contributed by atoms with E-state index in [1.165, 1.54) is 75.2 Å². The van der Waals surface area contributed by atoms with Crippen LogP contribution >= 0.6 is 0 Å². The Hall–Kier alpha value is -5.68. The number of nitro groups is 2. The van der Waals surface area contributed by atoms with E-state index in [2.05, 4.69) is 32.4 Å². The summed E-state index contributed by atoms with van der Waals surface area (Å²) in [5.74, 6) is 3.44. The van der Waals surface area contributed by atoms with Crippen molar-refractivity contribution in [1.82, 2.24) is 20.3 Å². The van der Waals surface area contributed by atoms with Crippen molar-refractivity contribution >= 4 is 59.2 Å². The number of nitrogens with zero attached hydrogens (tertiary/aromatic N) is 5. The predicted molar refractivity (Wildman–Crippen MR) is 210 cm³/mol. The SMILES string of the molecule is O=[N+]([O-])c1ccc([O][Al]([O]c2ccc(CNCCCCCCC3CC4C=CC3C4)c3cccnc23)[O]c2ccc([N+](=O)[O-])c3cccnc23)c2ncccc12. The van der Waals surface area contributed by atoms with Crippen LogP contribution in [0, 0.1) is 38.0 Å². The molecule has 55 heavy (non-hydrogen) atoms. The molecule has 6 aromatic rings. The molecule has 0 spiro atoms. The van der Waals surface area contributed by atoms with Gasteiger partial charge in [-0.25, -0.2) is 0 Å². The fraction of sp³-hybridized carbons (Fsp3) is 0.293. The Morgan fingerprint density at radius 1 is 0.655 bits per heavy atom. The van der Waals surface area contributed by atoms with Gasteiger partial charge in [-0.1, -0.05) is 43.5 Å². The van der Waals surface area contributed by atoms with Crippen LogP contribution in [-0.2, 0) is 6.54 Å². The highest BCUT2D eigenvalue weighted by Gasteiger charge is 2.46. The van der Waals surface area contributed by atoms with Crippen LogP contribution in [0.4, 0.5) is 11.4 Å². The zero-order valence-corrected chi connectivity index (χ0v) is 31.2. The Labute approximate surface area is 322 Å². The van der Waals surface area contributed by atoms with Crippen LogP contribution in [0.2, 0.25) is 0 Å². The van der Waals surface area contributed by atoms with Crippen LogP contribution in [0.1, 0.15) is 50.5 Å². The zero-order valence-electron chi connectivity index (χ0n) is 30.1. The molecule has 0 aliphatic heterocycles. The first-order valence-electron chi connectivity index (χ1n) is 18.7. The summed E-state index contributed by atoms with van der Waals surface area (Å²) in [5, 5.41) is 28.7. The Morgan fingerprint density at radius 3 is 1.75 bits per heavy atom. The Balaban J connectivity index is 1.00. The van der Waals surface area contributed by atoms with Gasteiger partial charge in [0.25, 0.3) is 11.4 Å². The molecule has 3 unspecified atom stereocenters. The number of pyridine rings is 3. The van der Waals surface area contributed by atoms with Crippen molar-refractivity contribution in [3.05, 3.63) is 129 Å². The maximum atomic E-state index is 11.8. The van der Waals surface area contributed by atoms with E-state index in [1.807, 2.05) is 24.3 Å². The second-order valence-corrected chi connectivity index (χ2v) is 15.4. The number of nitrogens with one attached hydrogen (secondary N) is 1. The van der Waals surface area contributed by atoms with Gasteiger partial charge in [-0.15, -0.1) is 0 Å². The Bertz CT molecular complexity index is 2310. The number of rotatable bonds is 17. The van der Waals surface area contributed by atoms with Gasteiger partial charge in [0.05, 0.1) is 20.6 Å². The monoisotopic (exact) mass is 754 g/mol. The van der Waals surface area contributed by atoms with Gasteiger partial charge < -0.3 is 16.7 Å². The maximum absolute atomic E-state index is 11.8. The van der Waals surface area contributed by atoms with Gasteiger partial charge in [-0.2, -0.15) is 0 Å². The first-order chi connectivity index (χ1) is 26.9. The van der Waals surface area contributed by atoms with Crippen molar-refractivity contribution in [3.63, 3.8) is 0 Å². The van der Waals surface area contributed by atoms with Gasteiger partial charge in [-0.3, -0.25) is 35.2 Å². The lowest BCUT2D eigenvalue weighted by Crippen LogP contribution is -2.37. The van der Waals surface area contributed by atoms with Gasteiger partial charge in [0.15, 0.2) is 0 Å². The largest absolute Gasteiger partial charge is 1.20 e. The summed E-state index contributed by atoms with van der Waals surface area (Å²) in [6, 6.07) is 19.8. The van der Waals surface area contributed by atoms with Crippen molar-refractivity contribution in [2.24, 2.45) is 17.8 Å². The van der Waals surface area contributed by atoms with Crippen molar-refractivity contribution in [2.75, 3.05) is 6.54 Å². The first-order valence-corrected chi connectivity index (χ1v) is 20.1. The van der Waals surface area contributed by atoms with Gasteiger partial charge in [0, 0.05) is 42.7 Å². The average molecular weight is 755 g/mol. The van der Waals surface area contributed by atoms with Crippen LogP contribution < -0.4 is 16.7 Å². The number of fused-ring (bicyclic) bond motifs is 5. The lowest BCUT2D eigenvalue weighted by atomic mass is 9.88. The quantitative estimate of drug-likeness (QED) is 0.0311. The number of benzene rings is 3. The van der Waals surface area contributed by atoms with Crippen LogP contribution in [0.25, 0.3) is 32.7 Å². The fourth-order valence-electron chi connectivity index (χ4n) is 8.07. The average Bonchev–Trinajstić information content (AvgIpc) is 3.83. The molecule has 3 atom stereocenters.